The van der Waals surface area contributed by atoms with E-state index in [2.05, 4.69) is 43.5 Å². The Kier molecular flexibility index (Phi) is 5.04. The van der Waals surface area contributed by atoms with Gasteiger partial charge in [0.15, 0.2) is 0 Å². The molecule has 1 aliphatic heterocycles. The molecule has 3 heteroatoms. The van der Waals surface area contributed by atoms with E-state index in [1.807, 2.05) is 18.2 Å². The zero-order chi connectivity index (χ0) is 15.3. The largest absolute Gasteiger partial charge is 0.356 e. The second-order valence-electron chi connectivity index (χ2n) is 7.26. The van der Waals surface area contributed by atoms with Gasteiger partial charge in [-0.15, -0.1) is 0 Å². The lowest BCUT2D eigenvalue weighted by Crippen LogP contribution is -2.43. The van der Waals surface area contributed by atoms with Crippen molar-refractivity contribution in [3.63, 3.8) is 0 Å². The highest BCUT2D eigenvalue weighted by atomic mass is 16.1. The standard InChI is InChI=1S/C18H28N2O/c1-17(2,15-7-5-4-6-8-15)13-16(21)20-14-18(3)9-11-19-12-10-18/h4-8,19H,9-14H2,1-3H3,(H,20,21). The number of hydrogen-bond donors (Lipinski definition) is 2. The molecule has 0 atom stereocenters. The van der Waals surface area contributed by atoms with Crippen LogP contribution >= 0.6 is 0 Å². The third-order valence-electron chi connectivity index (χ3n) is 4.68. The fraction of sp³-hybridized carbons (Fsp3) is 0.611. The fourth-order valence-corrected chi connectivity index (χ4v) is 2.97. The lowest BCUT2D eigenvalue weighted by Gasteiger charge is -2.34. The molecule has 116 valence electrons. The van der Waals surface area contributed by atoms with Gasteiger partial charge in [-0.25, -0.2) is 0 Å². The van der Waals surface area contributed by atoms with E-state index in [9.17, 15) is 4.79 Å². The van der Waals surface area contributed by atoms with Crippen LogP contribution in [-0.4, -0.2) is 25.5 Å². The first kappa shape index (κ1) is 16.0. The van der Waals surface area contributed by atoms with Crippen molar-refractivity contribution in [2.75, 3.05) is 19.6 Å². The molecule has 0 bridgehead atoms. The van der Waals surface area contributed by atoms with Crippen LogP contribution in [0.25, 0.3) is 0 Å². The summed E-state index contributed by atoms with van der Waals surface area (Å²) in [7, 11) is 0. The van der Waals surface area contributed by atoms with E-state index < -0.39 is 0 Å². The minimum atomic E-state index is -0.125. The molecular weight excluding hydrogens is 260 g/mol. The highest BCUT2D eigenvalue weighted by molar-refractivity contribution is 5.77. The summed E-state index contributed by atoms with van der Waals surface area (Å²) in [6.45, 7) is 9.45. The summed E-state index contributed by atoms with van der Waals surface area (Å²) in [5.41, 5.74) is 1.34. The summed E-state index contributed by atoms with van der Waals surface area (Å²) in [6, 6.07) is 10.3. The van der Waals surface area contributed by atoms with Crippen LogP contribution in [-0.2, 0) is 10.2 Å². The molecular formula is C18H28N2O. The van der Waals surface area contributed by atoms with E-state index in [-0.39, 0.29) is 16.7 Å². The van der Waals surface area contributed by atoms with E-state index >= 15 is 0 Å². The molecule has 0 radical (unpaired) electrons. The molecule has 1 saturated heterocycles. The molecule has 2 rings (SSSR count). The van der Waals surface area contributed by atoms with Gasteiger partial charge in [-0.2, -0.15) is 0 Å². The maximum Gasteiger partial charge on any atom is 0.220 e. The number of amides is 1. The molecule has 3 nitrogen and oxygen atoms in total. The Balaban J connectivity index is 1.86. The van der Waals surface area contributed by atoms with Crippen molar-refractivity contribution < 1.29 is 4.79 Å². The zero-order valence-electron chi connectivity index (χ0n) is 13.5. The SMILES string of the molecule is CC1(CNC(=O)CC(C)(C)c2ccccc2)CCNCC1. The van der Waals surface area contributed by atoms with Gasteiger partial charge < -0.3 is 10.6 Å². The molecule has 0 saturated carbocycles. The topological polar surface area (TPSA) is 41.1 Å². The first-order valence-electron chi connectivity index (χ1n) is 7.94. The van der Waals surface area contributed by atoms with Gasteiger partial charge in [0.2, 0.25) is 5.91 Å². The van der Waals surface area contributed by atoms with Gasteiger partial charge >= 0.3 is 0 Å². The van der Waals surface area contributed by atoms with Gasteiger partial charge in [0.05, 0.1) is 0 Å². The van der Waals surface area contributed by atoms with Gasteiger partial charge in [-0.1, -0.05) is 51.1 Å². The van der Waals surface area contributed by atoms with Crippen molar-refractivity contribution in [2.45, 2.75) is 45.4 Å². The molecule has 1 aliphatic rings. The van der Waals surface area contributed by atoms with Crippen LogP contribution in [0.15, 0.2) is 30.3 Å². The molecule has 21 heavy (non-hydrogen) atoms. The van der Waals surface area contributed by atoms with E-state index in [0.29, 0.717) is 6.42 Å². The number of piperidine rings is 1. The first-order chi connectivity index (χ1) is 9.91. The number of nitrogens with one attached hydrogen (secondary N) is 2. The summed E-state index contributed by atoms with van der Waals surface area (Å²) >= 11 is 0. The van der Waals surface area contributed by atoms with Gasteiger partial charge in [0, 0.05) is 13.0 Å². The number of benzene rings is 1. The first-order valence-corrected chi connectivity index (χ1v) is 7.94. The molecule has 0 aromatic heterocycles. The number of hydrogen-bond acceptors (Lipinski definition) is 2. The molecule has 1 fully saturated rings. The van der Waals surface area contributed by atoms with Crippen LogP contribution in [0.5, 0.6) is 0 Å². The molecule has 0 aliphatic carbocycles. The minimum absolute atomic E-state index is 0.125. The zero-order valence-corrected chi connectivity index (χ0v) is 13.5. The van der Waals surface area contributed by atoms with E-state index in [1.165, 1.54) is 5.56 Å². The second-order valence-corrected chi connectivity index (χ2v) is 7.26. The van der Waals surface area contributed by atoms with Crippen LogP contribution in [0.1, 0.15) is 45.6 Å². The molecule has 0 spiro atoms. The molecule has 2 N–H and O–H groups in total. The van der Waals surface area contributed by atoms with Crippen molar-refractivity contribution >= 4 is 5.91 Å². The molecule has 1 heterocycles. The lowest BCUT2D eigenvalue weighted by molar-refractivity contribution is -0.122. The molecule has 0 unspecified atom stereocenters. The molecule has 1 aromatic carbocycles. The fourth-order valence-electron chi connectivity index (χ4n) is 2.97. The summed E-state index contributed by atoms with van der Waals surface area (Å²) in [6.07, 6.45) is 2.80. The van der Waals surface area contributed by atoms with Crippen molar-refractivity contribution in [3.05, 3.63) is 35.9 Å². The van der Waals surface area contributed by atoms with Crippen molar-refractivity contribution in [2.24, 2.45) is 5.41 Å². The van der Waals surface area contributed by atoms with Crippen LogP contribution in [0, 0.1) is 5.41 Å². The summed E-state index contributed by atoms with van der Waals surface area (Å²) in [5.74, 6) is 0.156. The quantitative estimate of drug-likeness (QED) is 0.875. The van der Waals surface area contributed by atoms with E-state index in [0.717, 1.165) is 32.5 Å². The Hall–Kier alpha value is -1.35. The minimum Gasteiger partial charge on any atom is -0.356 e. The van der Waals surface area contributed by atoms with Gasteiger partial charge in [0.1, 0.15) is 0 Å². The maximum atomic E-state index is 12.3. The highest BCUT2D eigenvalue weighted by Gasteiger charge is 2.29. The number of carbonyl (C=O) groups is 1. The Bertz CT molecular complexity index is 461. The summed E-state index contributed by atoms with van der Waals surface area (Å²) < 4.78 is 0. The Labute approximate surface area is 128 Å². The maximum absolute atomic E-state index is 12.3. The average molecular weight is 288 g/mol. The van der Waals surface area contributed by atoms with Crippen LogP contribution in [0.2, 0.25) is 0 Å². The Morgan fingerprint density at radius 2 is 1.86 bits per heavy atom. The molecule has 1 amide bonds. The van der Waals surface area contributed by atoms with Crippen molar-refractivity contribution in [1.29, 1.82) is 0 Å². The summed E-state index contributed by atoms with van der Waals surface area (Å²) in [5, 5.41) is 6.53. The second kappa shape index (κ2) is 6.61. The third kappa shape index (κ3) is 4.57. The van der Waals surface area contributed by atoms with E-state index in [1.54, 1.807) is 0 Å². The summed E-state index contributed by atoms with van der Waals surface area (Å²) in [4.78, 5) is 12.3. The van der Waals surface area contributed by atoms with Crippen LogP contribution < -0.4 is 10.6 Å². The lowest BCUT2D eigenvalue weighted by atomic mass is 9.80. The smallest absolute Gasteiger partial charge is 0.220 e. The van der Waals surface area contributed by atoms with Crippen LogP contribution in [0.4, 0.5) is 0 Å². The monoisotopic (exact) mass is 288 g/mol. The third-order valence-corrected chi connectivity index (χ3v) is 4.68. The van der Waals surface area contributed by atoms with Crippen LogP contribution in [0.3, 0.4) is 0 Å². The van der Waals surface area contributed by atoms with Crippen molar-refractivity contribution in [3.8, 4) is 0 Å². The predicted molar refractivity (Wildman–Crippen MR) is 87.3 cm³/mol. The average Bonchev–Trinajstić information content (AvgIpc) is 2.47. The van der Waals surface area contributed by atoms with E-state index in [4.69, 9.17) is 0 Å². The van der Waals surface area contributed by atoms with Gasteiger partial charge in [0.25, 0.3) is 0 Å². The highest BCUT2D eigenvalue weighted by Crippen LogP contribution is 2.28. The van der Waals surface area contributed by atoms with Crippen molar-refractivity contribution in [1.82, 2.24) is 10.6 Å². The Morgan fingerprint density at radius 3 is 2.48 bits per heavy atom. The normalized spacial score (nSPS) is 18.2. The predicted octanol–water partition coefficient (Wildman–Crippen LogP) is 2.86. The van der Waals surface area contributed by atoms with Gasteiger partial charge in [-0.05, 0) is 42.3 Å². The number of carbonyl (C=O) groups excluding carboxylic acids is 1. The molecule has 1 aromatic rings. The number of rotatable bonds is 5. The Morgan fingerprint density at radius 1 is 1.24 bits per heavy atom. The van der Waals surface area contributed by atoms with Gasteiger partial charge in [-0.3, -0.25) is 4.79 Å².